The van der Waals surface area contributed by atoms with E-state index in [9.17, 15) is 22.8 Å². The molecule has 0 spiro atoms. The van der Waals surface area contributed by atoms with Gasteiger partial charge in [0.1, 0.15) is 5.54 Å². The molecule has 3 fully saturated rings. The zero-order chi connectivity index (χ0) is 28.7. The smallest absolute Gasteiger partial charge is 0.324 e. The average Bonchev–Trinajstić information content (AvgIpc) is 3.47. The van der Waals surface area contributed by atoms with Crippen LogP contribution in [0.2, 0.25) is 0 Å². The number of hydrogen-bond donors (Lipinski definition) is 4. The molecule has 0 saturated carbocycles. The third-order valence-electron chi connectivity index (χ3n) is 7.86. The predicted octanol–water partition coefficient (Wildman–Crippen LogP) is 3.60. The van der Waals surface area contributed by atoms with Gasteiger partial charge in [-0.15, -0.1) is 0 Å². The van der Waals surface area contributed by atoms with Crippen LogP contribution in [0.15, 0.2) is 48.5 Å². The molecule has 40 heavy (non-hydrogen) atoms. The number of carbonyl (C=O) groups excluding carboxylic acids is 2. The van der Waals surface area contributed by atoms with Gasteiger partial charge >= 0.3 is 12.2 Å². The molecule has 12 heteroatoms. The van der Waals surface area contributed by atoms with Gasteiger partial charge in [-0.1, -0.05) is 36.4 Å². The van der Waals surface area contributed by atoms with Crippen LogP contribution in [-0.4, -0.2) is 59.0 Å². The topological polar surface area (TPSA) is 88.7 Å². The van der Waals surface area contributed by atoms with Crippen molar-refractivity contribution in [3.63, 3.8) is 0 Å². The van der Waals surface area contributed by atoms with Gasteiger partial charge in [0.2, 0.25) is 0 Å². The highest BCUT2D eigenvalue weighted by Crippen LogP contribution is 2.37. The molecule has 4 N–H and O–H groups in total. The Hall–Kier alpha value is -3.06. The van der Waals surface area contributed by atoms with Crippen LogP contribution < -0.4 is 21.3 Å². The molecule has 0 aromatic heterocycles. The Kier molecular flexibility index (Phi) is 7.88. The van der Waals surface area contributed by atoms with Crippen LogP contribution in [0.5, 0.6) is 0 Å². The van der Waals surface area contributed by atoms with Crippen LogP contribution in [0.4, 0.5) is 22.4 Å². The lowest BCUT2D eigenvalue weighted by atomic mass is 10.0. The summed E-state index contributed by atoms with van der Waals surface area (Å²) in [6.07, 6.45) is -5.36. The van der Waals surface area contributed by atoms with Crippen molar-refractivity contribution in [2.75, 3.05) is 13.2 Å². The van der Waals surface area contributed by atoms with Crippen LogP contribution in [0.1, 0.15) is 55.0 Å². The third kappa shape index (κ3) is 5.85. The minimum Gasteiger partial charge on any atom is -0.324 e. The minimum absolute atomic E-state index is 0.167. The van der Waals surface area contributed by atoms with E-state index >= 15 is 4.39 Å². The van der Waals surface area contributed by atoms with Crippen molar-refractivity contribution in [1.82, 2.24) is 31.1 Å². The summed E-state index contributed by atoms with van der Waals surface area (Å²) in [6.45, 7) is 4.91. The van der Waals surface area contributed by atoms with E-state index in [-0.39, 0.29) is 18.5 Å². The molecule has 216 valence electrons. The number of likely N-dealkylation sites (tertiary alicyclic amines) is 1. The molecular formula is C28H34F4N6O2. The van der Waals surface area contributed by atoms with Crippen LogP contribution >= 0.6 is 0 Å². The van der Waals surface area contributed by atoms with Crippen molar-refractivity contribution in [2.45, 2.75) is 76.0 Å². The quantitative estimate of drug-likeness (QED) is 0.305. The Bertz CT molecular complexity index is 1220. The normalized spacial score (nSPS) is 27.3. The van der Waals surface area contributed by atoms with Gasteiger partial charge in [-0.2, -0.15) is 13.2 Å². The number of halogens is 4. The number of nitrogens with one attached hydrogen (secondary N) is 4. The van der Waals surface area contributed by atoms with Gasteiger partial charge in [-0.3, -0.25) is 30.5 Å². The Morgan fingerprint density at radius 3 is 2.30 bits per heavy atom. The first kappa shape index (κ1) is 28.5. The standard InChI is InChI=1S/C28H34F4N6O2/c1-27(2)25(39)38(26(40)36-27)15-18-7-5-17(6-8-18)14-33-23-22(29)24(35-16-34-23)37-13-3-4-21(37)19-9-11-20(12-10-19)28(30,31)32/h5-12,21-24,33-35H,3-4,13-16H2,1-2H3,(H,36,40). The second-order valence-corrected chi connectivity index (χ2v) is 11.1. The van der Waals surface area contributed by atoms with Gasteiger partial charge in [-0.05, 0) is 55.5 Å². The molecule has 0 radical (unpaired) electrons. The molecule has 5 rings (SSSR count). The van der Waals surface area contributed by atoms with Gasteiger partial charge in [-0.25, -0.2) is 9.18 Å². The molecule has 2 aromatic carbocycles. The maximum absolute atomic E-state index is 15.8. The average molecular weight is 563 g/mol. The molecule has 3 aliphatic rings. The van der Waals surface area contributed by atoms with E-state index in [1.54, 1.807) is 13.8 Å². The van der Waals surface area contributed by atoms with Crippen molar-refractivity contribution in [1.29, 1.82) is 0 Å². The van der Waals surface area contributed by atoms with Gasteiger partial charge in [0, 0.05) is 25.8 Å². The number of imide groups is 1. The molecule has 3 amide bonds. The number of carbonyl (C=O) groups is 2. The van der Waals surface area contributed by atoms with Crippen molar-refractivity contribution >= 4 is 11.9 Å². The fourth-order valence-electron chi connectivity index (χ4n) is 5.67. The summed E-state index contributed by atoms with van der Waals surface area (Å²) in [4.78, 5) is 27.8. The summed E-state index contributed by atoms with van der Waals surface area (Å²) in [5.74, 6) is -0.276. The number of alkyl halides is 4. The largest absolute Gasteiger partial charge is 0.416 e. The summed E-state index contributed by atoms with van der Waals surface area (Å²) in [7, 11) is 0. The molecule has 8 nitrogen and oxygen atoms in total. The molecule has 0 bridgehead atoms. The molecular weight excluding hydrogens is 528 g/mol. The van der Waals surface area contributed by atoms with E-state index in [0.717, 1.165) is 41.7 Å². The lowest BCUT2D eigenvalue weighted by Gasteiger charge is -2.42. The van der Waals surface area contributed by atoms with Crippen molar-refractivity contribution in [3.05, 3.63) is 70.8 Å². The highest BCUT2D eigenvalue weighted by molar-refractivity contribution is 6.06. The number of hydrogen-bond acceptors (Lipinski definition) is 6. The van der Waals surface area contributed by atoms with E-state index < -0.39 is 41.8 Å². The second kappa shape index (κ2) is 11.1. The molecule has 2 aromatic rings. The third-order valence-corrected chi connectivity index (χ3v) is 7.86. The SMILES string of the molecule is CC1(C)NC(=O)N(Cc2ccc(CNC3NCNC(N4CCCC4c4ccc(C(F)(F)F)cc4)C3F)cc2)C1=O. The second-order valence-electron chi connectivity index (χ2n) is 11.1. The first-order chi connectivity index (χ1) is 18.9. The highest BCUT2D eigenvalue weighted by atomic mass is 19.4. The van der Waals surface area contributed by atoms with Crippen LogP contribution in [0, 0.1) is 0 Å². The maximum atomic E-state index is 15.8. The van der Waals surface area contributed by atoms with Gasteiger partial charge in [0.05, 0.1) is 24.4 Å². The summed E-state index contributed by atoms with van der Waals surface area (Å²) in [5.41, 5.74) is 0.849. The summed E-state index contributed by atoms with van der Waals surface area (Å²) in [5, 5.41) is 12.2. The number of amides is 3. The van der Waals surface area contributed by atoms with E-state index in [1.807, 2.05) is 29.2 Å². The monoisotopic (exact) mass is 562 g/mol. The molecule has 4 unspecified atom stereocenters. The number of nitrogens with zero attached hydrogens (tertiary/aromatic N) is 2. The van der Waals surface area contributed by atoms with E-state index in [2.05, 4.69) is 21.3 Å². The van der Waals surface area contributed by atoms with Crippen molar-refractivity contribution < 1.29 is 27.2 Å². The molecule has 0 aliphatic carbocycles. The van der Waals surface area contributed by atoms with E-state index in [4.69, 9.17) is 0 Å². The first-order valence-corrected chi connectivity index (χ1v) is 13.4. The van der Waals surface area contributed by atoms with Gasteiger partial charge < -0.3 is 5.32 Å². The molecule has 3 aliphatic heterocycles. The lowest BCUT2D eigenvalue weighted by Crippen LogP contribution is -2.68. The predicted molar refractivity (Wildman–Crippen MR) is 140 cm³/mol. The van der Waals surface area contributed by atoms with Gasteiger partial charge in [0.25, 0.3) is 5.91 Å². The highest BCUT2D eigenvalue weighted by Gasteiger charge is 2.44. The van der Waals surface area contributed by atoms with Crippen molar-refractivity contribution in [3.8, 4) is 0 Å². The summed E-state index contributed by atoms with van der Waals surface area (Å²) >= 11 is 0. The van der Waals surface area contributed by atoms with Crippen LogP contribution in [0.3, 0.4) is 0 Å². The summed E-state index contributed by atoms with van der Waals surface area (Å²) < 4.78 is 54.7. The first-order valence-electron chi connectivity index (χ1n) is 13.4. The molecule has 3 heterocycles. The van der Waals surface area contributed by atoms with Crippen molar-refractivity contribution in [2.24, 2.45) is 0 Å². The number of benzene rings is 2. The number of rotatable bonds is 7. The fraction of sp³-hybridized carbons (Fsp3) is 0.500. The Labute approximate surface area is 230 Å². The van der Waals surface area contributed by atoms with Crippen LogP contribution in [-0.2, 0) is 24.1 Å². The Morgan fingerprint density at radius 1 is 1.00 bits per heavy atom. The fourth-order valence-corrected chi connectivity index (χ4v) is 5.67. The Balaban J connectivity index is 1.18. The minimum atomic E-state index is -4.39. The summed E-state index contributed by atoms with van der Waals surface area (Å²) in [6, 6.07) is 12.0. The molecule has 4 atom stereocenters. The van der Waals surface area contributed by atoms with Gasteiger partial charge in [0.15, 0.2) is 6.17 Å². The Morgan fingerprint density at radius 2 is 1.68 bits per heavy atom. The molecule has 3 saturated heterocycles. The zero-order valence-electron chi connectivity index (χ0n) is 22.4. The lowest BCUT2D eigenvalue weighted by molar-refractivity contribution is -0.137. The van der Waals surface area contributed by atoms with E-state index in [1.165, 1.54) is 17.0 Å². The van der Waals surface area contributed by atoms with Crippen LogP contribution in [0.25, 0.3) is 0 Å². The zero-order valence-corrected chi connectivity index (χ0v) is 22.4. The maximum Gasteiger partial charge on any atom is 0.416 e. The van der Waals surface area contributed by atoms with E-state index in [0.29, 0.717) is 19.8 Å². The number of urea groups is 1.